The Bertz CT molecular complexity index is 522. The van der Waals surface area contributed by atoms with Gasteiger partial charge in [0.05, 0.1) is 5.69 Å². The molecule has 2 aromatic heterocycles. The maximum atomic E-state index is 12.8. The topological polar surface area (TPSA) is 29.9 Å². The van der Waals surface area contributed by atoms with Crippen molar-refractivity contribution in [1.82, 2.24) is 15.1 Å². The van der Waals surface area contributed by atoms with Crippen LogP contribution in [0, 0.1) is 12.1 Å². The normalized spacial score (nSPS) is 10.8. The van der Waals surface area contributed by atoms with E-state index in [1.54, 1.807) is 0 Å². The van der Waals surface area contributed by atoms with Gasteiger partial charge in [-0.1, -0.05) is 0 Å². The van der Waals surface area contributed by atoms with Crippen molar-refractivity contribution >= 4 is 23.7 Å². The predicted octanol–water partition coefficient (Wildman–Crippen LogP) is 3.68. The average molecular weight is 304 g/mol. The lowest BCUT2D eigenvalue weighted by Crippen LogP contribution is -2.12. The van der Waals surface area contributed by atoms with Gasteiger partial charge in [-0.15, -0.1) is 23.7 Å². The second-order valence-electron chi connectivity index (χ2n) is 4.62. The zero-order valence-corrected chi connectivity index (χ0v) is 12.9. The SMILES string of the molecule is Cc1nn(C(C)C)cc1CNCc1ccc(F)s1.Cl. The lowest BCUT2D eigenvalue weighted by atomic mass is 10.2. The number of thiophene rings is 1. The van der Waals surface area contributed by atoms with Crippen LogP contribution < -0.4 is 5.32 Å². The quantitative estimate of drug-likeness (QED) is 0.913. The summed E-state index contributed by atoms with van der Waals surface area (Å²) >= 11 is 1.19. The van der Waals surface area contributed by atoms with Crippen molar-refractivity contribution in [2.45, 2.75) is 39.9 Å². The molecule has 0 radical (unpaired) electrons. The van der Waals surface area contributed by atoms with Gasteiger partial charge in [0.2, 0.25) is 0 Å². The van der Waals surface area contributed by atoms with Crippen LogP contribution in [-0.2, 0) is 13.1 Å². The standard InChI is InChI=1S/C13H18FN3S.ClH/c1-9(2)17-8-11(10(3)16-17)6-15-7-12-4-5-13(14)18-12;/h4-5,8-9,15H,6-7H2,1-3H3;1H. The highest BCUT2D eigenvalue weighted by Gasteiger charge is 2.07. The summed E-state index contributed by atoms with van der Waals surface area (Å²) in [6, 6.07) is 3.70. The minimum absolute atomic E-state index is 0. The van der Waals surface area contributed by atoms with E-state index in [0.717, 1.165) is 17.1 Å². The first-order valence-corrected chi connectivity index (χ1v) is 6.87. The van der Waals surface area contributed by atoms with Crippen molar-refractivity contribution in [2.24, 2.45) is 0 Å². The lowest BCUT2D eigenvalue weighted by Gasteiger charge is -2.03. The van der Waals surface area contributed by atoms with E-state index >= 15 is 0 Å². The summed E-state index contributed by atoms with van der Waals surface area (Å²) in [5.41, 5.74) is 2.24. The van der Waals surface area contributed by atoms with Crippen molar-refractivity contribution in [3.63, 3.8) is 0 Å². The number of halogens is 2. The molecule has 3 nitrogen and oxygen atoms in total. The molecule has 106 valence electrons. The molecular weight excluding hydrogens is 285 g/mol. The van der Waals surface area contributed by atoms with E-state index in [9.17, 15) is 4.39 Å². The molecule has 0 aliphatic heterocycles. The van der Waals surface area contributed by atoms with Gasteiger partial charge in [0.25, 0.3) is 0 Å². The minimum atomic E-state index is -0.129. The largest absolute Gasteiger partial charge is 0.308 e. The van der Waals surface area contributed by atoms with Gasteiger partial charge in [-0.25, -0.2) is 0 Å². The van der Waals surface area contributed by atoms with E-state index < -0.39 is 0 Å². The maximum absolute atomic E-state index is 12.8. The Hall–Kier alpha value is -0.910. The van der Waals surface area contributed by atoms with Gasteiger partial charge in [0.1, 0.15) is 0 Å². The molecule has 0 unspecified atom stereocenters. The van der Waals surface area contributed by atoms with Crippen LogP contribution in [0.15, 0.2) is 18.3 Å². The Balaban J connectivity index is 0.00000180. The van der Waals surface area contributed by atoms with E-state index in [0.29, 0.717) is 12.6 Å². The van der Waals surface area contributed by atoms with Crippen molar-refractivity contribution in [1.29, 1.82) is 0 Å². The highest BCUT2D eigenvalue weighted by atomic mass is 35.5. The minimum Gasteiger partial charge on any atom is -0.308 e. The number of aromatic nitrogens is 2. The van der Waals surface area contributed by atoms with Crippen molar-refractivity contribution in [2.75, 3.05) is 0 Å². The number of aryl methyl sites for hydroxylation is 1. The molecule has 2 aromatic rings. The Morgan fingerprint density at radius 3 is 2.63 bits per heavy atom. The van der Waals surface area contributed by atoms with Crippen molar-refractivity contribution in [3.8, 4) is 0 Å². The van der Waals surface area contributed by atoms with E-state index in [1.807, 2.05) is 17.7 Å². The van der Waals surface area contributed by atoms with Gasteiger partial charge in [-0.05, 0) is 32.9 Å². The molecule has 0 aliphatic carbocycles. The number of nitrogens with one attached hydrogen (secondary N) is 1. The molecule has 1 N–H and O–H groups in total. The molecule has 0 amide bonds. The lowest BCUT2D eigenvalue weighted by molar-refractivity contribution is 0.528. The Morgan fingerprint density at radius 2 is 2.11 bits per heavy atom. The van der Waals surface area contributed by atoms with E-state index in [-0.39, 0.29) is 17.5 Å². The van der Waals surface area contributed by atoms with E-state index in [1.165, 1.54) is 23.0 Å². The molecule has 0 saturated carbocycles. The summed E-state index contributed by atoms with van der Waals surface area (Å²) < 4.78 is 14.8. The zero-order valence-electron chi connectivity index (χ0n) is 11.3. The van der Waals surface area contributed by atoms with Crippen LogP contribution in [0.2, 0.25) is 0 Å². The molecule has 6 heteroatoms. The van der Waals surface area contributed by atoms with Gasteiger partial charge in [0.15, 0.2) is 5.13 Å². The third kappa shape index (κ3) is 4.30. The number of hydrogen-bond donors (Lipinski definition) is 1. The fourth-order valence-electron chi connectivity index (χ4n) is 1.72. The van der Waals surface area contributed by atoms with Crippen LogP contribution in [0.1, 0.15) is 36.0 Å². The predicted molar refractivity (Wildman–Crippen MR) is 79.4 cm³/mol. The summed E-state index contributed by atoms with van der Waals surface area (Å²) in [5.74, 6) is 0. The van der Waals surface area contributed by atoms with Gasteiger partial charge in [-0.3, -0.25) is 4.68 Å². The maximum Gasteiger partial charge on any atom is 0.176 e. The molecule has 0 bridgehead atoms. The molecule has 19 heavy (non-hydrogen) atoms. The number of rotatable bonds is 5. The van der Waals surface area contributed by atoms with Gasteiger partial charge in [0, 0.05) is 35.8 Å². The molecule has 2 heterocycles. The van der Waals surface area contributed by atoms with Gasteiger partial charge >= 0.3 is 0 Å². The Morgan fingerprint density at radius 1 is 1.37 bits per heavy atom. The fourth-order valence-corrected chi connectivity index (χ4v) is 2.42. The Labute approximate surface area is 123 Å². The van der Waals surface area contributed by atoms with E-state index in [2.05, 4.69) is 30.5 Å². The summed E-state index contributed by atoms with van der Waals surface area (Å²) in [6.07, 6.45) is 2.07. The second-order valence-corrected chi connectivity index (χ2v) is 5.74. The van der Waals surface area contributed by atoms with Gasteiger partial charge < -0.3 is 5.32 Å². The van der Waals surface area contributed by atoms with Crippen LogP contribution in [0.3, 0.4) is 0 Å². The summed E-state index contributed by atoms with van der Waals surface area (Å²) in [6.45, 7) is 7.69. The molecule has 0 aliphatic rings. The second kappa shape index (κ2) is 7.03. The highest BCUT2D eigenvalue weighted by Crippen LogP contribution is 2.14. The molecule has 0 atom stereocenters. The molecule has 0 spiro atoms. The van der Waals surface area contributed by atoms with Crippen LogP contribution >= 0.6 is 23.7 Å². The molecular formula is C13H19ClFN3S. The molecule has 0 saturated heterocycles. The molecule has 0 fully saturated rings. The van der Waals surface area contributed by atoms with Crippen LogP contribution in [0.5, 0.6) is 0 Å². The highest BCUT2D eigenvalue weighted by molar-refractivity contribution is 7.10. The average Bonchev–Trinajstić information content (AvgIpc) is 2.87. The summed E-state index contributed by atoms with van der Waals surface area (Å²) in [4.78, 5) is 1.02. The van der Waals surface area contributed by atoms with Crippen molar-refractivity contribution < 1.29 is 4.39 Å². The third-order valence-corrected chi connectivity index (χ3v) is 3.66. The number of hydrogen-bond acceptors (Lipinski definition) is 3. The molecule has 0 aromatic carbocycles. The first kappa shape index (κ1) is 16.1. The first-order valence-electron chi connectivity index (χ1n) is 6.06. The van der Waals surface area contributed by atoms with Crippen molar-refractivity contribution in [3.05, 3.63) is 39.6 Å². The summed E-state index contributed by atoms with van der Waals surface area (Å²) in [7, 11) is 0. The zero-order chi connectivity index (χ0) is 13.1. The number of nitrogens with zero attached hydrogens (tertiary/aromatic N) is 2. The molecule has 2 rings (SSSR count). The van der Waals surface area contributed by atoms with Crippen LogP contribution in [0.4, 0.5) is 4.39 Å². The third-order valence-electron chi connectivity index (χ3n) is 2.79. The van der Waals surface area contributed by atoms with Crippen LogP contribution in [-0.4, -0.2) is 9.78 Å². The first-order chi connectivity index (χ1) is 8.56. The summed E-state index contributed by atoms with van der Waals surface area (Å²) in [5, 5.41) is 7.64. The van der Waals surface area contributed by atoms with Gasteiger partial charge in [-0.2, -0.15) is 9.49 Å². The Kier molecular flexibility index (Phi) is 5.97. The van der Waals surface area contributed by atoms with Crippen LogP contribution in [0.25, 0.3) is 0 Å². The van der Waals surface area contributed by atoms with E-state index in [4.69, 9.17) is 0 Å². The smallest absolute Gasteiger partial charge is 0.176 e. The fraction of sp³-hybridized carbons (Fsp3) is 0.462. The monoisotopic (exact) mass is 303 g/mol.